The summed E-state index contributed by atoms with van der Waals surface area (Å²) in [4.78, 5) is 13.2. The summed E-state index contributed by atoms with van der Waals surface area (Å²) in [6, 6.07) is -1.16. The van der Waals surface area contributed by atoms with E-state index in [0.29, 0.717) is 19.3 Å². The molecule has 9 unspecified atom stereocenters. The van der Waals surface area contributed by atoms with Crippen molar-refractivity contribution < 1.29 is 50.0 Å². The van der Waals surface area contributed by atoms with Gasteiger partial charge in [-0.05, 0) is 12.8 Å². The van der Waals surface area contributed by atoms with Gasteiger partial charge in [-0.25, -0.2) is 0 Å². The maximum atomic E-state index is 13.2. The number of carbonyl (C=O) groups excluding carboxylic acids is 1. The largest absolute Gasteiger partial charge is 0.394 e. The Bertz CT molecular complexity index is 1160. The van der Waals surface area contributed by atoms with Gasteiger partial charge < -0.3 is 50.5 Å². The maximum Gasteiger partial charge on any atom is 0.249 e. The van der Waals surface area contributed by atoms with Crippen LogP contribution in [0.4, 0.5) is 0 Å². The van der Waals surface area contributed by atoms with Gasteiger partial charge in [0.15, 0.2) is 6.29 Å². The molecule has 0 bridgehead atoms. The zero-order valence-electron chi connectivity index (χ0n) is 48.6. The molecule has 9 atom stereocenters. The second-order valence-corrected chi connectivity index (χ2v) is 23.2. The molecule has 11 nitrogen and oxygen atoms in total. The molecule has 0 spiro atoms. The summed E-state index contributed by atoms with van der Waals surface area (Å²) < 4.78 is 11.2. The molecule has 0 aromatic rings. The van der Waals surface area contributed by atoms with Gasteiger partial charge in [0.1, 0.15) is 36.6 Å². The SMILES string of the molecule is CCCCCCCCCCCCCCCCCCCCCCCCCCCCCC(O)C(O)C(COC1OC(CO)C(O)C(O)C1O)NC(=O)C(O)CCCCCCCCCCCCCCCCCCCCCC. The number of hydrogen-bond donors (Lipinski definition) is 8. The van der Waals surface area contributed by atoms with Gasteiger partial charge in [-0.15, -0.1) is 0 Å². The summed E-state index contributed by atoms with van der Waals surface area (Å²) in [5, 5.41) is 76.4. The number of aliphatic hydroxyl groups is 7. The molecule has 1 amide bonds. The molecule has 1 rings (SSSR count). The van der Waals surface area contributed by atoms with Crippen LogP contribution >= 0.6 is 0 Å². The van der Waals surface area contributed by atoms with Crippen molar-refractivity contribution in [3.05, 3.63) is 0 Å². The van der Waals surface area contributed by atoms with Crippen LogP contribution in [-0.2, 0) is 14.3 Å². The number of unbranched alkanes of at least 4 members (excludes halogenated alkanes) is 45. The minimum absolute atomic E-state index is 0.267. The fraction of sp³-hybridized carbons (Fsp3) is 0.984. The number of amides is 1. The Hall–Kier alpha value is -0.890. The Morgan fingerprint density at radius 1 is 0.419 bits per heavy atom. The van der Waals surface area contributed by atoms with Crippen LogP contribution < -0.4 is 5.32 Å². The minimum atomic E-state index is -1.66. The Labute approximate surface area is 456 Å². The van der Waals surface area contributed by atoms with E-state index in [1.165, 1.54) is 250 Å². The van der Waals surface area contributed by atoms with Crippen LogP contribution in [0, 0.1) is 0 Å². The predicted molar refractivity (Wildman–Crippen MR) is 307 cm³/mol. The molecule has 0 aromatic carbocycles. The van der Waals surface area contributed by atoms with E-state index in [4.69, 9.17) is 9.47 Å². The van der Waals surface area contributed by atoms with E-state index in [-0.39, 0.29) is 6.42 Å². The second-order valence-electron chi connectivity index (χ2n) is 23.2. The quantitative estimate of drug-likeness (QED) is 0.0272. The molecule has 11 heteroatoms. The average Bonchev–Trinajstić information content (AvgIpc) is 3.40. The molecular formula is C63H125NO10. The van der Waals surface area contributed by atoms with Gasteiger partial charge in [0.25, 0.3) is 0 Å². The standard InChI is InChI=1S/C63H125NO10/c1-3-5-7-9-11-13-15-17-19-21-23-25-26-27-28-29-30-31-33-34-36-38-40-42-44-46-48-50-55(66)58(68)54(53-73-63-61(71)60(70)59(69)57(52-65)74-63)64-62(72)56(67)51-49-47-45-43-41-39-37-35-32-24-22-20-18-16-14-12-10-8-6-4-2/h54-61,63,65-71H,3-53H2,1-2H3,(H,64,72). The summed E-state index contributed by atoms with van der Waals surface area (Å²) in [6.07, 6.45) is 50.2. The van der Waals surface area contributed by atoms with Crippen molar-refractivity contribution in [3.8, 4) is 0 Å². The Morgan fingerprint density at radius 2 is 0.703 bits per heavy atom. The summed E-state index contributed by atoms with van der Waals surface area (Å²) in [6.45, 7) is 3.52. The normalized spacial score (nSPS) is 19.7. The molecule has 1 heterocycles. The third-order valence-electron chi connectivity index (χ3n) is 16.2. The van der Waals surface area contributed by atoms with E-state index >= 15 is 0 Å². The summed E-state index contributed by atoms with van der Waals surface area (Å²) in [7, 11) is 0. The van der Waals surface area contributed by atoms with Gasteiger partial charge in [0.2, 0.25) is 5.91 Å². The average molecular weight is 1060 g/mol. The van der Waals surface area contributed by atoms with Crippen LogP contribution in [0.3, 0.4) is 0 Å². The van der Waals surface area contributed by atoms with Crippen LogP contribution in [0.2, 0.25) is 0 Å². The number of carbonyl (C=O) groups is 1. The monoisotopic (exact) mass is 1060 g/mol. The first-order chi connectivity index (χ1) is 36.2. The van der Waals surface area contributed by atoms with E-state index in [1.54, 1.807) is 0 Å². The zero-order valence-corrected chi connectivity index (χ0v) is 48.6. The van der Waals surface area contributed by atoms with E-state index in [9.17, 15) is 40.5 Å². The van der Waals surface area contributed by atoms with E-state index < -0.39 is 74.2 Å². The second kappa shape index (κ2) is 52.8. The van der Waals surface area contributed by atoms with Gasteiger partial charge in [0.05, 0.1) is 25.4 Å². The number of ether oxygens (including phenoxy) is 2. The van der Waals surface area contributed by atoms with Crippen molar-refractivity contribution in [1.29, 1.82) is 0 Å². The fourth-order valence-electron chi connectivity index (χ4n) is 10.9. The first-order valence-corrected chi connectivity index (χ1v) is 32.4. The van der Waals surface area contributed by atoms with Gasteiger partial charge in [0, 0.05) is 0 Å². The van der Waals surface area contributed by atoms with Crippen LogP contribution in [0.5, 0.6) is 0 Å². The van der Waals surface area contributed by atoms with Gasteiger partial charge in [-0.3, -0.25) is 4.79 Å². The van der Waals surface area contributed by atoms with Crippen molar-refractivity contribution >= 4 is 5.91 Å². The van der Waals surface area contributed by atoms with Gasteiger partial charge in [-0.2, -0.15) is 0 Å². The maximum absolute atomic E-state index is 13.2. The number of hydrogen-bond acceptors (Lipinski definition) is 10. The fourth-order valence-corrected chi connectivity index (χ4v) is 10.9. The topological polar surface area (TPSA) is 189 Å². The van der Waals surface area contributed by atoms with Crippen molar-refractivity contribution in [1.82, 2.24) is 5.32 Å². The highest BCUT2D eigenvalue weighted by Gasteiger charge is 2.44. The molecule has 0 aliphatic carbocycles. The minimum Gasteiger partial charge on any atom is -0.394 e. The molecule has 1 aliphatic rings. The lowest BCUT2D eigenvalue weighted by Gasteiger charge is -2.40. The molecule has 0 radical (unpaired) electrons. The van der Waals surface area contributed by atoms with Crippen LogP contribution in [0.25, 0.3) is 0 Å². The highest BCUT2D eigenvalue weighted by molar-refractivity contribution is 5.80. The Kier molecular flexibility index (Phi) is 50.7. The molecule has 8 N–H and O–H groups in total. The lowest BCUT2D eigenvalue weighted by molar-refractivity contribution is -0.303. The van der Waals surface area contributed by atoms with Crippen LogP contribution in [0.15, 0.2) is 0 Å². The summed E-state index contributed by atoms with van der Waals surface area (Å²) in [5.41, 5.74) is 0. The molecule has 74 heavy (non-hydrogen) atoms. The molecule has 1 fully saturated rings. The summed E-state index contributed by atoms with van der Waals surface area (Å²) >= 11 is 0. The molecule has 0 saturated carbocycles. The first kappa shape index (κ1) is 71.1. The van der Waals surface area contributed by atoms with Crippen LogP contribution in [-0.4, -0.2) is 110 Å². The predicted octanol–water partition coefficient (Wildman–Crippen LogP) is 14.5. The molecule has 442 valence electrons. The lowest BCUT2D eigenvalue weighted by Crippen LogP contribution is -2.60. The third kappa shape index (κ3) is 40.3. The highest BCUT2D eigenvalue weighted by atomic mass is 16.7. The Balaban J connectivity index is 2.23. The van der Waals surface area contributed by atoms with E-state index in [2.05, 4.69) is 19.2 Å². The summed E-state index contributed by atoms with van der Waals surface area (Å²) in [5.74, 6) is -0.688. The number of aliphatic hydroxyl groups excluding tert-OH is 7. The van der Waals surface area contributed by atoms with Gasteiger partial charge in [-0.1, -0.05) is 316 Å². The lowest BCUT2D eigenvalue weighted by atomic mass is 9.98. The van der Waals surface area contributed by atoms with Crippen molar-refractivity contribution in [2.75, 3.05) is 13.2 Å². The first-order valence-electron chi connectivity index (χ1n) is 32.4. The molecule has 1 aliphatic heterocycles. The number of nitrogens with one attached hydrogen (secondary N) is 1. The Morgan fingerprint density at radius 3 is 1.00 bits per heavy atom. The smallest absolute Gasteiger partial charge is 0.249 e. The molecule has 1 saturated heterocycles. The van der Waals surface area contributed by atoms with Crippen LogP contribution in [0.1, 0.15) is 328 Å². The van der Waals surface area contributed by atoms with Gasteiger partial charge >= 0.3 is 0 Å². The zero-order chi connectivity index (χ0) is 54.0. The van der Waals surface area contributed by atoms with E-state index in [1.807, 2.05) is 0 Å². The highest BCUT2D eigenvalue weighted by Crippen LogP contribution is 2.24. The van der Waals surface area contributed by atoms with Crippen molar-refractivity contribution in [2.45, 2.75) is 384 Å². The number of rotatable bonds is 57. The van der Waals surface area contributed by atoms with Crippen molar-refractivity contribution in [3.63, 3.8) is 0 Å². The molecular weight excluding hydrogens is 931 g/mol. The van der Waals surface area contributed by atoms with E-state index in [0.717, 1.165) is 38.5 Å². The molecule has 0 aromatic heterocycles. The van der Waals surface area contributed by atoms with Crippen molar-refractivity contribution in [2.24, 2.45) is 0 Å². The third-order valence-corrected chi connectivity index (χ3v) is 16.2.